The van der Waals surface area contributed by atoms with Crippen LogP contribution in [0.2, 0.25) is 0 Å². The SMILES string of the molecule is O=C(NCc1cccnc1)C1CCN(Cc2nc(-c3cccc(Br)c3)no2)CC1. The lowest BCUT2D eigenvalue weighted by molar-refractivity contribution is -0.126. The zero-order chi connectivity index (χ0) is 20.1. The molecule has 8 heteroatoms. The predicted molar refractivity (Wildman–Crippen MR) is 112 cm³/mol. The molecule has 0 unspecified atom stereocenters. The number of aromatic nitrogens is 3. The molecule has 2 aromatic heterocycles. The van der Waals surface area contributed by atoms with Gasteiger partial charge in [0, 0.05) is 34.9 Å². The molecule has 29 heavy (non-hydrogen) atoms. The van der Waals surface area contributed by atoms with Crippen LogP contribution in [0.4, 0.5) is 0 Å². The van der Waals surface area contributed by atoms with Crippen LogP contribution in [0.15, 0.2) is 57.8 Å². The number of rotatable bonds is 6. The highest BCUT2D eigenvalue weighted by Crippen LogP contribution is 2.22. The predicted octanol–water partition coefficient (Wildman–Crippen LogP) is 3.42. The lowest BCUT2D eigenvalue weighted by Gasteiger charge is -2.30. The summed E-state index contributed by atoms with van der Waals surface area (Å²) >= 11 is 3.46. The summed E-state index contributed by atoms with van der Waals surface area (Å²) < 4.78 is 6.40. The summed E-state index contributed by atoms with van der Waals surface area (Å²) in [7, 11) is 0. The van der Waals surface area contributed by atoms with Crippen LogP contribution < -0.4 is 5.32 Å². The van der Waals surface area contributed by atoms with Gasteiger partial charge < -0.3 is 9.84 Å². The van der Waals surface area contributed by atoms with Gasteiger partial charge in [-0.15, -0.1) is 0 Å². The summed E-state index contributed by atoms with van der Waals surface area (Å²) in [6.45, 7) is 2.79. The van der Waals surface area contributed by atoms with Gasteiger partial charge in [-0.25, -0.2) is 0 Å². The number of nitrogens with one attached hydrogen (secondary N) is 1. The molecule has 0 aliphatic carbocycles. The maximum absolute atomic E-state index is 12.4. The molecule has 1 aromatic carbocycles. The van der Waals surface area contributed by atoms with E-state index in [-0.39, 0.29) is 11.8 Å². The first-order chi connectivity index (χ1) is 14.2. The molecule has 1 amide bonds. The van der Waals surface area contributed by atoms with Crippen molar-refractivity contribution in [1.29, 1.82) is 0 Å². The zero-order valence-corrected chi connectivity index (χ0v) is 17.5. The number of benzene rings is 1. The molecule has 1 N–H and O–H groups in total. The molecule has 1 aliphatic heterocycles. The van der Waals surface area contributed by atoms with Crippen molar-refractivity contribution in [2.24, 2.45) is 5.92 Å². The Morgan fingerprint density at radius 2 is 2.10 bits per heavy atom. The first-order valence-electron chi connectivity index (χ1n) is 9.65. The van der Waals surface area contributed by atoms with Gasteiger partial charge in [0.15, 0.2) is 0 Å². The molecule has 0 saturated carbocycles. The van der Waals surface area contributed by atoms with E-state index in [0.29, 0.717) is 24.8 Å². The summed E-state index contributed by atoms with van der Waals surface area (Å²) in [5, 5.41) is 7.10. The molecule has 3 aromatic rings. The van der Waals surface area contributed by atoms with Gasteiger partial charge in [-0.05, 0) is 49.7 Å². The van der Waals surface area contributed by atoms with E-state index in [9.17, 15) is 4.79 Å². The van der Waals surface area contributed by atoms with Crippen molar-refractivity contribution in [3.63, 3.8) is 0 Å². The van der Waals surface area contributed by atoms with E-state index < -0.39 is 0 Å². The first kappa shape index (κ1) is 19.7. The van der Waals surface area contributed by atoms with Gasteiger partial charge in [0.25, 0.3) is 0 Å². The third-order valence-corrected chi connectivity index (χ3v) is 5.55. The van der Waals surface area contributed by atoms with Gasteiger partial charge >= 0.3 is 0 Å². The number of carbonyl (C=O) groups is 1. The van der Waals surface area contributed by atoms with E-state index in [1.54, 1.807) is 12.4 Å². The molecular formula is C21H22BrN5O2. The summed E-state index contributed by atoms with van der Waals surface area (Å²) in [5.74, 6) is 1.34. The second-order valence-electron chi connectivity index (χ2n) is 7.15. The van der Waals surface area contributed by atoms with Crippen molar-refractivity contribution >= 4 is 21.8 Å². The molecular weight excluding hydrogens is 434 g/mol. The van der Waals surface area contributed by atoms with E-state index in [2.05, 4.69) is 41.3 Å². The van der Waals surface area contributed by atoms with E-state index in [1.165, 1.54) is 0 Å². The van der Waals surface area contributed by atoms with Gasteiger partial charge in [0.1, 0.15) is 0 Å². The van der Waals surface area contributed by atoms with Crippen LogP contribution in [0.3, 0.4) is 0 Å². The van der Waals surface area contributed by atoms with Crippen LogP contribution in [-0.2, 0) is 17.9 Å². The van der Waals surface area contributed by atoms with Gasteiger partial charge in [0.2, 0.25) is 17.6 Å². The molecule has 0 atom stereocenters. The fourth-order valence-corrected chi connectivity index (χ4v) is 3.84. The van der Waals surface area contributed by atoms with Crippen LogP contribution in [-0.4, -0.2) is 39.0 Å². The Morgan fingerprint density at radius 3 is 2.86 bits per heavy atom. The topological polar surface area (TPSA) is 84.2 Å². The highest BCUT2D eigenvalue weighted by Gasteiger charge is 2.25. The Hall–Kier alpha value is -2.58. The van der Waals surface area contributed by atoms with E-state index in [0.717, 1.165) is 41.5 Å². The Bertz CT molecular complexity index is 954. The van der Waals surface area contributed by atoms with Crippen molar-refractivity contribution in [1.82, 2.24) is 25.3 Å². The quantitative estimate of drug-likeness (QED) is 0.612. The third kappa shape index (κ3) is 5.27. The van der Waals surface area contributed by atoms with Gasteiger partial charge in [-0.2, -0.15) is 4.98 Å². The highest BCUT2D eigenvalue weighted by atomic mass is 79.9. The minimum absolute atomic E-state index is 0.0443. The lowest BCUT2D eigenvalue weighted by atomic mass is 9.96. The maximum atomic E-state index is 12.4. The monoisotopic (exact) mass is 455 g/mol. The molecule has 0 radical (unpaired) electrons. The number of pyridine rings is 1. The second kappa shape index (κ2) is 9.28. The molecule has 1 fully saturated rings. The summed E-state index contributed by atoms with van der Waals surface area (Å²) in [6, 6.07) is 11.7. The highest BCUT2D eigenvalue weighted by molar-refractivity contribution is 9.10. The number of halogens is 1. The minimum atomic E-state index is 0.0443. The summed E-state index contributed by atoms with van der Waals surface area (Å²) in [5.41, 5.74) is 1.93. The maximum Gasteiger partial charge on any atom is 0.241 e. The molecule has 1 saturated heterocycles. The largest absolute Gasteiger partial charge is 0.352 e. The summed E-state index contributed by atoms with van der Waals surface area (Å²) in [4.78, 5) is 23.3. The first-order valence-corrected chi connectivity index (χ1v) is 10.4. The van der Waals surface area contributed by atoms with Crippen molar-refractivity contribution in [3.8, 4) is 11.4 Å². The van der Waals surface area contributed by atoms with Crippen molar-refractivity contribution in [2.45, 2.75) is 25.9 Å². The lowest BCUT2D eigenvalue weighted by Crippen LogP contribution is -2.40. The van der Waals surface area contributed by atoms with E-state index in [4.69, 9.17) is 4.52 Å². The van der Waals surface area contributed by atoms with Crippen molar-refractivity contribution in [2.75, 3.05) is 13.1 Å². The molecule has 150 valence electrons. The van der Waals surface area contributed by atoms with Crippen LogP contribution in [0.5, 0.6) is 0 Å². The molecule has 7 nitrogen and oxygen atoms in total. The standard InChI is InChI=1S/C21H22BrN5O2/c22-18-5-1-4-17(11-18)20-25-19(29-26-20)14-27-9-6-16(7-10-27)21(28)24-13-15-3-2-8-23-12-15/h1-5,8,11-12,16H,6-7,9-10,13-14H2,(H,24,28). The van der Waals surface area contributed by atoms with E-state index >= 15 is 0 Å². The summed E-state index contributed by atoms with van der Waals surface area (Å²) in [6.07, 6.45) is 5.15. The average Bonchev–Trinajstić information content (AvgIpc) is 3.22. The minimum Gasteiger partial charge on any atom is -0.352 e. The second-order valence-corrected chi connectivity index (χ2v) is 8.07. The Morgan fingerprint density at radius 1 is 1.24 bits per heavy atom. The van der Waals surface area contributed by atoms with Crippen LogP contribution in [0.1, 0.15) is 24.3 Å². The third-order valence-electron chi connectivity index (χ3n) is 5.06. The molecule has 0 spiro atoms. The Balaban J connectivity index is 1.25. The van der Waals surface area contributed by atoms with Gasteiger partial charge in [-0.3, -0.25) is 14.7 Å². The molecule has 3 heterocycles. The number of hydrogen-bond acceptors (Lipinski definition) is 6. The van der Waals surface area contributed by atoms with Crippen LogP contribution >= 0.6 is 15.9 Å². The van der Waals surface area contributed by atoms with E-state index in [1.807, 2.05) is 36.4 Å². The van der Waals surface area contributed by atoms with Gasteiger partial charge in [0.05, 0.1) is 6.54 Å². The van der Waals surface area contributed by atoms with Gasteiger partial charge in [-0.1, -0.05) is 39.3 Å². The van der Waals surface area contributed by atoms with Crippen molar-refractivity contribution in [3.05, 3.63) is 64.7 Å². The smallest absolute Gasteiger partial charge is 0.241 e. The number of hydrogen-bond donors (Lipinski definition) is 1. The normalized spacial score (nSPS) is 15.3. The van der Waals surface area contributed by atoms with Crippen molar-refractivity contribution < 1.29 is 9.32 Å². The number of piperidine rings is 1. The number of amides is 1. The average molecular weight is 456 g/mol. The Kier molecular flexibility index (Phi) is 6.31. The fourth-order valence-electron chi connectivity index (χ4n) is 3.44. The molecule has 4 rings (SSSR count). The zero-order valence-electron chi connectivity index (χ0n) is 15.9. The molecule has 0 bridgehead atoms. The molecule has 1 aliphatic rings. The van der Waals surface area contributed by atoms with Crippen LogP contribution in [0.25, 0.3) is 11.4 Å². The number of nitrogens with zero attached hydrogens (tertiary/aromatic N) is 4. The number of carbonyl (C=O) groups excluding carboxylic acids is 1. The Labute approximate surface area is 177 Å². The fraction of sp³-hybridized carbons (Fsp3) is 0.333. The number of likely N-dealkylation sites (tertiary alicyclic amines) is 1. The van der Waals surface area contributed by atoms with Crippen LogP contribution in [0, 0.1) is 5.92 Å².